The van der Waals surface area contributed by atoms with Gasteiger partial charge in [-0.05, 0) is 62.9 Å². The van der Waals surface area contributed by atoms with E-state index in [1.807, 2.05) is 26.0 Å². The molecule has 1 aliphatic rings. The van der Waals surface area contributed by atoms with Crippen LogP contribution in [0, 0.1) is 13.8 Å². The fourth-order valence-electron chi connectivity index (χ4n) is 2.99. The normalized spacial score (nSPS) is 17.9. The Kier molecular flexibility index (Phi) is 4.79. The van der Waals surface area contributed by atoms with Crippen LogP contribution in [0.15, 0.2) is 33.7 Å². The molecule has 0 bridgehead atoms. The molecular formula is C19H24N2O2. The van der Waals surface area contributed by atoms with Crippen LogP contribution in [-0.4, -0.2) is 23.3 Å². The van der Waals surface area contributed by atoms with Crippen LogP contribution in [-0.2, 0) is 6.42 Å². The summed E-state index contributed by atoms with van der Waals surface area (Å²) in [5, 5.41) is 0. The third-order valence-electron chi connectivity index (χ3n) is 4.21. The smallest absolute Gasteiger partial charge is 0.191 e. The first-order valence-corrected chi connectivity index (χ1v) is 8.34. The van der Waals surface area contributed by atoms with Gasteiger partial charge in [0.05, 0.1) is 12.3 Å². The van der Waals surface area contributed by atoms with E-state index in [1.54, 1.807) is 0 Å². The predicted molar refractivity (Wildman–Crippen MR) is 91.5 cm³/mol. The molecule has 122 valence electrons. The number of aromatic nitrogens is 1. The quantitative estimate of drug-likeness (QED) is 0.828. The van der Waals surface area contributed by atoms with Gasteiger partial charge in [0, 0.05) is 25.1 Å². The SMILES string of the molecule is Cc1nc(CCOc2ccc(C3=N[C@H](C)CCC3)cc2)c(C)o1. The maximum atomic E-state index is 5.82. The molecule has 1 aliphatic heterocycles. The Bertz CT molecular complexity index is 686. The Labute approximate surface area is 137 Å². The molecule has 0 amide bonds. The van der Waals surface area contributed by atoms with Crippen molar-refractivity contribution in [3.63, 3.8) is 0 Å². The number of hydrogen-bond donors (Lipinski definition) is 0. The molecule has 1 aromatic carbocycles. The summed E-state index contributed by atoms with van der Waals surface area (Å²) in [7, 11) is 0. The summed E-state index contributed by atoms with van der Waals surface area (Å²) in [6.07, 6.45) is 4.27. The summed E-state index contributed by atoms with van der Waals surface area (Å²) in [5.74, 6) is 2.48. The monoisotopic (exact) mass is 312 g/mol. The van der Waals surface area contributed by atoms with Gasteiger partial charge in [0.2, 0.25) is 0 Å². The van der Waals surface area contributed by atoms with E-state index in [2.05, 4.69) is 24.0 Å². The van der Waals surface area contributed by atoms with E-state index in [0.717, 1.165) is 30.0 Å². The highest BCUT2D eigenvalue weighted by Crippen LogP contribution is 2.20. The van der Waals surface area contributed by atoms with E-state index in [1.165, 1.54) is 24.1 Å². The van der Waals surface area contributed by atoms with Crippen LogP contribution in [0.4, 0.5) is 0 Å². The topological polar surface area (TPSA) is 47.6 Å². The minimum absolute atomic E-state index is 0.448. The second kappa shape index (κ2) is 6.99. The van der Waals surface area contributed by atoms with Crippen molar-refractivity contribution < 1.29 is 9.15 Å². The first-order valence-electron chi connectivity index (χ1n) is 8.34. The average Bonchev–Trinajstić information content (AvgIpc) is 2.86. The zero-order chi connectivity index (χ0) is 16.2. The third-order valence-corrected chi connectivity index (χ3v) is 4.21. The van der Waals surface area contributed by atoms with Gasteiger partial charge in [0.25, 0.3) is 0 Å². The van der Waals surface area contributed by atoms with Crippen molar-refractivity contribution >= 4 is 5.71 Å². The molecule has 3 rings (SSSR count). The van der Waals surface area contributed by atoms with Crippen molar-refractivity contribution in [1.82, 2.24) is 4.98 Å². The number of aliphatic imine (C=N–C) groups is 1. The maximum absolute atomic E-state index is 5.82. The molecule has 0 spiro atoms. The van der Waals surface area contributed by atoms with Gasteiger partial charge in [0.15, 0.2) is 5.89 Å². The summed E-state index contributed by atoms with van der Waals surface area (Å²) < 4.78 is 11.2. The van der Waals surface area contributed by atoms with Crippen LogP contribution in [0.3, 0.4) is 0 Å². The fourth-order valence-corrected chi connectivity index (χ4v) is 2.99. The Balaban J connectivity index is 1.56. The molecule has 2 heterocycles. The van der Waals surface area contributed by atoms with E-state index >= 15 is 0 Å². The van der Waals surface area contributed by atoms with Crippen LogP contribution < -0.4 is 4.74 Å². The predicted octanol–water partition coefficient (Wildman–Crippen LogP) is 4.27. The van der Waals surface area contributed by atoms with Crippen LogP contribution in [0.2, 0.25) is 0 Å². The number of nitrogens with zero attached hydrogens (tertiary/aromatic N) is 2. The van der Waals surface area contributed by atoms with Crippen molar-refractivity contribution in [2.75, 3.05) is 6.61 Å². The van der Waals surface area contributed by atoms with Crippen molar-refractivity contribution in [3.8, 4) is 5.75 Å². The highest BCUT2D eigenvalue weighted by molar-refractivity contribution is 6.01. The van der Waals surface area contributed by atoms with Gasteiger partial charge < -0.3 is 9.15 Å². The average molecular weight is 312 g/mol. The highest BCUT2D eigenvalue weighted by atomic mass is 16.5. The standard InChI is InChI=1S/C19H24N2O2/c1-13-5-4-6-19(20-13)16-7-9-17(10-8-16)22-12-11-18-14(2)23-15(3)21-18/h7-10,13H,4-6,11-12H2,1-3H3/t13-/m1/s1. The van der Waals surface area contributed by atoms with Crippen molar-refractivity contribution in [1.29, 1.82) is 0 Å². The largest absolute Gasteiger partial charge is 0.493 e. The van der Waals surface area contributed by atoms with Gasteiger partial charge in [0.1, 0.15) is 11.5 Å². The molecule has 0 radical (unpaired) electrons. The summed E-state index contributed by atoms with van der Waals surface area (Å²) in [6, 6.07) is 8.72. The molecule has 4 nitrogen and oxygen atoms in total. The molecule has 4 heteroatoms. The fraction of sp³-hybridized carbons (Fsp3) is 0.474. The Morgan fingerprint density at radius 2 is 2.00 bits per heavy atom. The molecule has 2 aromatic rings. The van der Waals surface area contributed by atoms with Crippen LogP contribution in [0.25, 0.3) is 0 Å². The second-order valence-electron chi connectivity index (χ2n) is 6.18. The van der Waals surface area contributed by atoms with Crippen molar-refractivity contribution in [3.05, 3.63) is 47.2 Å². The number of aryl methyl sites for hydroxylation is 2. The Morgan fingerprint density at radius 3 is 2.65 bits per heavy atom. The van der Waals surface area contributed by atoms with Gasteiger partial charge in [-0.3, -0.25) is 4.99 Å². The minimum Gasteiger partial charge on any atom is -0.493 e. The van der Waals surface area contributed by atoms with E-state index < -0.39 is 0 Å². The Morgan fingerprint density at radius 1 is 1.22 bits per heavy atom. The summed E-state index contributed by atoms with van der Waals surface area (Å²) in [4.78, 5) is 9.11. The number of hydrogen-bond acceptors (Lipinski definition) is 4. The van der Waals surface area contributed by atoms with Crippen LogP contribution >= 0.6 is 0 Å². The van der Waals surface area contributed by atoms with E-state index in [4.69, 9.17) is 14.1 Å². The lowest BCUT2D eigenvalue weighted by atomic mass is 9.99. The first-order chi connectivity index (χ1) is 11.1. The summed E-state index contributed by atoms with van der Waals surface area (Å²) in [5.41, 5.74) is 3.42. The molecule has 1 atom stereocenters. The Hall–Kier alpha value is -2.10. The van der Waals surface area contributed by atoms with Gasteiger partial charge in [-0.25, -0.2) is 4.98 Å². The van der Waals surface area contributed by atoms with Gasteiger partial charge in [-0.1, -0.05) is 0 Å². The van der Waals surface area contributed by atoms with Gasteiger partial charge in [-0.15, -0.1) is 0 Å². The first kappa shape index (κ1) is 15.8. The van der Waals surface area contributed by atoms with Crippen molar-refractivity contribution in [2.24, 2.45) is 4.99 Å². The zero-order valence-electron chi connectivity index (χ0n) is 14.1. The molecule has 0 unspecified atom stereocenters. The van der Waals surface area contributed by atoms with Crippen LogP contribution in [0.1, 0.15) is 49.1 Å². The summed E-state index contributed by atoms with van der Waals surface area (Å²) in [6.45, 7) is 6.59. The summed E-state index contributed by atoms with van der Waals surface area (Å²) >= 11 is 0. The number of rotatable bonds is 5. The minimum atomic E-state index is 0.448. The zero-order valence-corrected chi connectivity index (χ0v) is 14.1. The maximum Gasteiger partial charge on any atom is 0.191 e. The molecule has 0 N–H and O–H groups in total. The number of oxazole rings is 1. The molecule has 0 saturated heterocycles. The van der Waals surface area contributed by atoms with E-state index in [-0.39, 0.29) is 0 Å². The third kappa shape index (κ3) is 4.01. The lowest BCUT2D eigenvalue weighted by molar-refractivity contribution is 0.320. The molecule has 23 heavy (non-hydrogen) atoms. The molecule has 0 fully saturated rings. The molecule has 0 saturated carbocycles. The van der Waals surface area contributed by atoms with E-state index in [9.17, 15) is 0 Å². The highest BCUT2D eigenvalue weighted by Gasteiger charge is 2.12. The lowest BCUT2D eigenvalue weighted by Gasteiger charge is -2.17. The van der Waals surface area contributed by atoms with Gasteiger partial charge >= 0.3 is 0 Å². The lowest BCUT2D eigenvalue weighted by Crippen LogP contribution is -2.13. The van der Waals surface area contributed by atoms with Gasteiger partial charge in [-0.2, -0.15) is 0 Å². The number of ether oxygens (including phenoxy) is 1. The second-order valence-corrected chi connectivity index (χ2v) is 6.18. The number of benzene rings is 1. The van der Waals surface area contributed by atoms with E-state index in [0.29, 0.717) is 18.5 Å². The van der Waals surface area contributed by atoms with Crippen molar-refractivity contribution in [2.45, 2.75) is 52.5 Å². The molecule has 1 aromatic heterocycles. The molecule has 0 aliphatic carbocycles. The molecular weight excluding hydrogens is 288 g/mol. The van der Waals surface area contributed by atoms with Crippen LogP contribution in [0.5, 0.6) is 5.75 Å².